The number of aromatic amines is 2. The van der Waals surface area contributed by atoms with E-state index in [1.165, 1.54) is 5.56 Å². The van der Waals surface area contributed by atoms with Gasteiger partial charge in [-0.3, -0.25) is 0 Å². The third-order valence-corrected chi connectivity index (χ3v) is 4.52. The highest BCUT2D eigenvalue weighted by Gasteiger charge is 2.50. The molecule has 0 saturated heterocycles. The third kappa shape index (κ3) is 1.91. The van der Waals surface area contributed by atoms with E-state index in [2.05, 4.69) is 22.1 Å². The smallest absolute Gasteiger partial charge is 0.323 e. The van der Waals surface area contributed by atoms with Crippen LogP contribution in [0.1, 0.15) is 30.1 Å². The highest BCUT2D eigenvalue weighted by molar-refractivity contribution is 5.75. The number of rotatable bonds is 3. The molecule has 1 aromatic heterocycles. The molecule has 0 bridgehead atoms. The van der Waals surface area contributed by atoms with Crippen molar-refractivity contribution in [3.63, 3.8) is 0 Å². The number of fused-ring (bicyclic) bond motifs is 1. The van der Waals surface area contributed by atoms with Crippen molar-refractivity contribution in [3.05, 3.63) is 70.1 Å². The van der Waals surface area contributed by atoms with Gasteiger partial charge in [-0.25, -0.2) is 4.79 Å². The number of aliphatic hydroxyl groups excluding tert-OH is 1. The zero-order chi connectivity index (χ0) is 14.4. The van der Waals surface area contributed by atoms with Gasteiger partial charge in [0.15, 0.2) is 0 Å². The molecule has 2 aromatic carbocycles. The largest absolute Gasteiger partial charge is 0.387 e. The molecule has 0 radical (unpaired) electrons. The minimum absolute atomic E-state index is 0.175. The van der Waals surface area contributed by atoms with Crippen LogP contribution in [0.15, 0.2) is 53.3 Å². The lowest BCUT2D eigenvalue weighted by Crippen LogP contribution is -2.18. The first-order valence-corrected chi connectivity index (χ1v) is 7.15. The van der Waals surface area contributed by atoms with Crippen LogP contribution in [0, 0.1) is 0 Å². The average molecular weight is 280 g/mol. The van der Waals surface area contributed by atoms with E-state index in [4.69, 9.17) is 0 Å². The number of hydrogen-bond donors (Lipinski definition) is 3. The number of aromatic nitrogens is 2. The van der Waals surface area contributed by atoms with E-state index in [0.717, 1.165) is 29.4 Å². The first-order valence-electron chi connectivity index (χ1n) is 7.15. The molecule has 4 nitrogen and oxygen atoms in total. The maximum absolute atomic E-state index is 11.3. The van der Waals surface area contributed by atoms with Crippen molar-refractivity contribution in [2.24, 2.45) is 0 Å². The van der Waals surface area contributed by atoms with Gasteiger partial charge in [0.2, 0.25) is 0 Å². The number of imidazole rings is 1. The van der Waals surface area contributed by atoms with Crippen LogP contribution in [0.5, 0.6) is 0 Å². The van der Waals surface area contributed by atoms with E-state index >= 15 is 0 Å². The van der Waals surface area contributed by atoms with E-state index in [0.29, 0.717) is 0 Å². The summed E-state index contributed by atoms with van der Waals surface area (Å²) in [4.78, 5) is 16.8. The van der Waals surface area contributed by atoms with Gasteiger partial charge < -0.3 is 15.1 Å². The van der Waals surface area contributed by atoms with E-state index in [1.807, 2.05) is 36.4 Å². The highest BCUT2D eigenvalue weighted by Crippen LogP contribution is 2.56. The van der Waals surface area contributed by atoms with Crippen molar-refractivity contribution < 1.29 is 5.11 Å². The molecule has 0 spiro atoms. The standard InChI is InChI=1S/C17H16N2O2/c20-15(17(8-9-17)12-4-2-1-3-5-12)11-6-7-13-14(10-11)19-16(21)18-13/h1-7,10,15,20H,8-9H2,(H2,18,19,21). The van der Waals surface area contributed by atoms with Crippen LogP contribution in [0.25, 0.3) is 11.0 Å². The van der Waals surface area contributed by atoms with Gasteiger partial charge in [0.25, 0.3) is 0 Å². The molecule has 0 amide bonds. The summed E-state index contributed by atoms with van der Waals surface area (Å²) in [6.07, 6.45) is 1.42. The molecule has 1 fully saturated rings. The number of nitrogens with one attached hydrogen (secondary N) is 2. The molecule has 3 aromatic rings. The Morgan fingerprint density at radius 2 is 1.71 bits per heavy atom. The summed E-state index contributed by atoms with van der Waals surface area (Å²) in [6, 6.07) is 15.7. The molecular weight excluding hydrogens is 264 g/mol. The molecule has 1 unspecified atom stereocenters. The second-order valence-corrected chi connectivity index (χ2v) is 5.81. The van der Waals surface area contributed by atoms with Crippen LogP contribution >= 0.6 is 0 Å². The fourth-order valence-corrected chi connectivity index (χ4v) is 3.16. The summed E-state index contributed by atoms with van der Waals surface area (Å²) in [5.41, 5.74) is 3.13. The predicted octanol–water partition coefficient (Wildman–Crippen LogP) is 2.62. The zero-order valence-corrected chi connectivity index (χ0v) is 11.5. The predicted molar refractivity (Wildman–Crippen MR) is 81.2 cm³/mol. The summed E-state index contributed by atoms with van der Waals surface area (Å²) in [7, 11) is 0. The van der Waals surface area contributed by atoms with E-state index in [-0.39, 0.29) is 11.1 Å². The number of benzene rings is 2. The fraction of sp³-hybridized carbons (Fsp3) is 0.235. The fourth-order valence-electron chi connectivity index (χ4n) is 3.16. The van der Waals surface area contributed by atoms with E-state index in [9.17, 15) is 9.90 Å². The molecule has 4 rings (SSSR count). The van der Waals surface area contributed by atoms with Gasteiger partial charge in [0.1, 0.15) is 0 Å². The van der Waals surface area contributed by atoms with Crippen LogP contribution < -0.4 is 5.69 Å². The van der Waals surface area contributed by atoms with E-state index < -0.39 is 6.10 Å². The topological polar surface area (TPSA) is 68.9 Å². The zero-order valence-electron chi connectivity index (χ0n) is 11.5. The van der Waals surface area contributed by atoms with Crippen LogP contribution in [-0.2, 0) is 5.41 Å². The summed E-state index contributed by atoms with van der Waals surface area (Å²) >= 11 is 0. The first-order chi connectivity index (χ1) is 10.2. The summed E-state index contributed by atoms with van der Waals surface area (Å²) in [5.74, 6) is 0. The quantitative estimate of drug-likeness (QED) is 0.690. The SMILES string of the molecule is O=c1[nH]c2ccc(C(O)C3(c4ccccc4)CC3)cc2[nH]1. The monoisotopic (exact) mass is 280 g/mol. The Hall–Kier alpha value is -2.33. The summed E-state index contributed by atoms with van der Waals surface area (Å²) in [5, 5.41) is 10.8. The van der Waals surface area contributed by atoms with Crippen molar-refractivity contribution >= 4 is 11.0 Å². The molecule has 0 aliphatic heterocycles. The normalized spacial score (nSPS) is 17.8. The second kappa shape index (κ2) is 4.33. The molecule has 1 aliphatic rings. The first kappa shape index (κ1) is 12.4. The summed E-state index contributed by atoms with van der Waals surface area (Å²) < 4.78 is 0. The Kier molecular flexibility index (Phi) is 2.56. The van der Waals surface area contributed by atoms with Crippen LogP contribution in [0.3, 0.4) is 0 Å². The average Bonchev–Trinajstić information content (AvgIpc) is 3.23. The molecule has 3 N–H and O–H groups in total. The van der Waals surface area contributed by atoms with Crippen molar-refractivity contribution in [2.45, 2.75) is 24.4 Å². The summed E-state index contributed by atoms with van der Waals surface area (Å²) in [6.45, 7) is 0. The Bertz CT molecular complexity index is 844. The van der Waals surface area contributed by atoms with Gasteiger partial charge in [-0.05, 0) is 36.1 Å². The molecule has 1 heterocycles. The minimum atomic E-state index is -0.553. The lowest BCUT2D eigenvalue weighted by Gasteiger charge is -2.23. The number of hydrogen-bond acceptors (Lipinski definition) is 2. The van der Waals surface area contributed by atoms with Crippen LogP contribution in [0.4, 0.5) is 0 Å². The molecular formula is C17H16N2O2. The Labute approximate surface area is 121 Å². The van der Waals surface area contributed by atoms with Crippen molar-refractivity contribution in [3.8, 4) is 0 Å². The molecule has 106 valence electrons. The van der Waals surface area contributed by atoms with Crippen LogP contribution in [-0.4, -0.2) is 15.1 Å². The Balaban J connectivity index is 1.76. The van der Waals surface area contributed by atoms with Gasteiger partial charge in [0, 0.05) is 5.41 Å². The number of H-pyrrole nitrogens is 2. The molecule has 1 aliphatic carbocycles. The minimum Gasteiger partial charge on any atom is -0.387 e. The lowest BCUT2D eigenvalue weighted by molar-refractivity contribution is 0.133. The van der Waals surface area contributed by atoms with Crippen molar-refractivity contribution in [1.29, 1.82) is 0 Å². The maximum Gasteiger partial charge on any atom is 0.323 e. The maximum atomic E-state index is 11.3. The Morgan fingerprint density at radius 3 is 2.43 bits per heavy atom. The van der Waals surface area contributed by atoms with E-state index in [1.54, 1.807) is 0 Å². The van der Waals surface area contributed by atoms with Gasteiger partial charge in [-0.2, -0.15) is 0 Å². The molecule has 21 heavy (non-hydrogen) atoms. The van der Waals surface area contributed by atoms with Gasteiger partial charge in [0.05, 0.1) is 17.1 Å². The Morgan fingerprint density at radius 1 is 1.00 bits per heavy atom. The number of aliphatic hydroxyl groups is 1. The van der Waals surface area contributed by atoms with Crippen molar-refractivity contribution in [2.75, 3.05) is 0 Å². The molecule has 4 heteroatoms. The van der Waals surface area contributed by atoms with Crippen molar-refractivity contribution in [1.82, 2.24) is 9.97 Å². The van der Waals surface area contributed by atoms with Gasteiger partial charge >= 0.3 is 5.69 Å². The van der Waals surface area contributed by atoms with Crippen LogP contribution in [0.2, 0.25) is 0 Å². The van der Waals surface area contributed by atoms with Gasteiger partial charge in [-0.1, -0.05) is 36.4 Å². The van der Waals surface area contributed by atoms with Gasteiger partial charge in [-0.15, -0.1) is 0 Å². The second-order valence-electron chi connectivity index (χ2n) is 5.81. The highest BCUT2D eigenvalue weighted by atomic mass is 16.3. The third-order valence-electron chi connectivity index (χ3n) is 4.52. The lowest BCUT2D eigenvalue weighted by atomic mass is 9.86. The molecule has 1 saturated carbocycles. The molecule has 1 atom stereocenters.